The van der Waals surface area contributed by atoms with E-state index in [0.717, 1.165) is 11.8 Å². The van der Waals surface area contributed by atoms with Crippen LogP contribution >= 0.6 is 11.6 Å². The number of Topliss-reactive ketones (excluding diaryl/α,β-unsaturated/α-hetero) is 1. The number of ketones is 1. The van der Waals surface area contributed by atoms with Crippen molar-refractivity contribution >= 4 is 29.4 Å². The zero-order chi connectivity index (χ0) is 21.1. The minimum Gasteiger partial charge on any atom is -0.454 e. The third kappa shape index (κ3) is 4.63. The van der Waals surface area contributed by atoms with E-state index in [1.165, 1.54) is 24.3 Å². The normalized spacial score (nSPS) is 11.2. The van der Waals surface area contributed by atoms with Gasteiger partial charge in [0.1, 0.15) is 11.6 Å². The molecule has 0 fully saturated rings. The Labute approximate surface area is 171 Å². The molecule has 0 radical (unpaired) electrons. The first kappa shape index (κ1) is 20.5. The molecule has 29 heavy (non-hydrogen) atoms. The van der Waals surface area contributed by atoms with Gasteiger partial charge in [0.2, 0.25) is 5.78 Å². The van der Waals surface area contributed by atoms with Gasteiger partial charge in [0.15, 0.2) is 12.4 Å². The van der Waals surface area contributed by atoms with Crippen molar-refractivity contribution in [2.75, 3.05) is 6.61 Å². The lowest BCUT2D eigenvalue weighted by molar-refractivity contribution is -0.136. The van der Waals surface area contributed by atoms with Crippen molar-refractivity contribution in [2.24, 2.45) is 0 Å². The van der Waals surface area contributed by atoms with E-state index in [-0.39, 0.29) is 10.8 Å². The molecule has 0 bridgehead atoms. The van der Waals surface area contributed by atoms with Crippen LogP contribution in [0, 0.1) is 26.6 Å². The lowest BCUT2D eigenvalue weighted by atomic mass is 10.1. The van der Waals surface area contributed by atoms with Crippen molar-refractivity contribution in [3.63, 3.8) is 0 Å². The topological polar surface area (TPSA) is 74.3 Å². The van der Waals surface area contributed by atoms with Crippen LogP contribution in [-0.4, -0.2) is 28.1 Å². The summed E-state index contributed by atoms with van der Waals surface area (Å²) >= 11 is 5.69. The van der Waals surface area contributed by atoms with E-state index < -0.39 is 18.4 Å². The lowest BCUT2D eigenvalue weighted by Crippen LogP contribution is -2.13. The fourth-order valence-electron chi connectivity index (χ4n) is 2.90. The first-order chi connectivity index (χ1) is 13.8. The summed E-state index contributed by atoms with van der Waals surface area (Å²) in [7, 11) is 0. The summed E-state index contributed by atoms with van der Waals surface area (Å²) in [6, 6.07) is 7.53. The Morgan fingerprint density at radius 2 is 2.00 bits per heavy atom. The van der Waals surface area contributed by atoms with Crippen LogP contribution in [-0.2, 0) is 9.53 Å². The SMILES string of the molecule is Cc1cc(-n2c(C)cc(C(=O)COC(=O)/C=C/c3ccc(F)c(Cl)c3)c2C)no1. The number of nitrogens with zero attached hydrogens (tertiary/aromatic N) is 2. The van der Waals surface area contributed by atoms with Gasteiger partial charge in [-0.25, -0.2) is 9.18 Å². The highest BCUT2D eigenvalue weighted by atomic mass is 35.5. The van der Waals surface area contributed by atoms with Crippen molar-refractivity contribution in [3.8, 4) is 5.82 Å². The maximum atomic E-state index is 13.1. The van der Waals surface area contributed by atoms with E-state index in [4.69, 9.17) is 20.9 Å². The standard InChI is InChI=1S/C21H18ClFN2O4/c1-12-8-16(14(3)25(12)20-9-13(2)29-24-20)19(26)11-28-21(27)7-5-15-4-6-18(23)17(22)10-15/h4-10H,11H2,1-3H3/b7-5+. The summed E-state index contributed by atoms with van der Waals surface area (Å²) < 4.78 is 25.1. The quantitative estimate of drug-likeness (QED) is 0.333. The number of esters is 1. The molecule has 0 aliphatic carbocycles. The summed E-state index contributed by atoms with van der Waals surface area (Å²) in [6.07, 6.45) is 2.58. The maximum absolute atomic E-state index is 13.1. The van der Waals surface area contributed by atoms with Gasteiger partial charge >= 0.3 is 5.97 Å². The van der Waals surface area contributed by atoms with Gasteiger partial charge in [-0.2, -0.15) is 0 Å². The van der Waals surface area contributed by atoms with Crippen LogP contribution in [0.1, 0.15) is 33.1 Å². The van der Waals surface area contributed by atoms with E-state index in [2.05, 4.69) is 5.16 Å². The monoisotopic (exact) mass is 416 g/mol. The molecular weight excluding hydrogens is 399 g/mol. The van der Waals surface area contributed by atoms with Crippen molar-refractivity contribution < 1.29 is 23.2 Å². The van der Waals surface area contributed by atoms with Crippen LogP contribution in [0.5, 0.6) is 0 Å². The Bertz CT molecular complexity index is 1110. The third-order valence-electron chi connectivity index (χ3n) is 4.28. The lowest BCUT2D eigenvalue weighted by Gasteiger charge is -2.05. The summed E-state index contributed by atoms with van der Waals surface area (Å²) in [5.41, 5.74) is 2.45. The molecule has 6 nitrogen and oxygen atoms in total. The molecule has 0 spiro atoms. The highest BCUT2D eigenvalue weighted by molar-refractivity contribution is 6.30. The predicted molar refractivity (Wildman–Crippen MR) is 106 cm³/mol. The number of aromatic nitrogens is 2. The number of carbonyl (C=O) groups excluding carboxylic acids is 2. The van der Waals surface area contributed by atoms with Crippen LogP contribution in [0.2, 0.25) is 5.02 Å². The molecule has 0 saturated heterocycles. The number of carbonyl (C=O) groups is 2. The Kier molecular flexibility index (Phi) is 5.98. The number of ether oxygens (including phenoxy) is 1. The minimum atomic E-state index is -0.695. The van der Waals surface area contributed by atoms with Gasteiger partial charge in [-0.1, -0.05) is 22.8 Å². The zero-order valence-electron chi connectivity index (χ0n) is 16.0. The number of hydrogen-bond donors (Lipinski definition) is 0. The Morgan fingerprint density at radius 1 is 1.24 bits per heavy atom. The van der Waals surface area contributed by atoms with Crippen LogP contribution in [0.15, 0.2) is 40.9 Å². The summed E-state index contributed by atoms with van der Waals surface area (Å²) in [6.45, 7) is 5.00. The molecule has 0 N–H and O–H groups in total. The van der Waals surface area contributed by atoms with Crippen molar-refractivity contribution in [1.29, 1.82) is 0 Å². The van der Waals surface area contributed by atoms with Gasteiger partial charge in [0.25, 0.3) is 0 Å². The number of aryl methyl sites for hydroxylation is 2. The van der Waals surface area contributed by atoms with Crippen LogP contribution < -0.4 is 0 Å². The zero-order valence-corrected chi connectivity index (χ0v) is 16.8. The summed E-state index contributed by atoms with van der Waals surface area (Å²) in [4.78, 5) is 24.4. The van der Waals surface area contributed by atoms with Gasteiger partial charge in [0.05, 0.1) is 5.02 Å². The second-order valence-corrected chi connectivity index (χ2v) is 6.86. The van der Waals surface area contributed by atoms with Crippen LogP contribution in [0.4, 0.5) is 4.39 Å². The average Bonchev–Trinajstić information content (AvgIpc) is 3.23. The molecule has 0 aliphatic rings. The van der Waals surface area contributed by atoms with Crippen molar-refractivity contribution in [1.82, 2.24) is 9.72 Å². The van der Waals surface area contributed by atoms with E-state index >= 15 is 0 Å². The molecule has 1 aromatic carbocycles. The van der Waals surface area contributed by atoms with E-state index in [9.17, 15) is 14.0 Å². The molecular formula is C21H18ClFN2O4. The number of hydrogen-bond acceptors (Lipinski definition) is 5. The highest BCUT2D eigenvalue weighted by Crippen LogP contribution is 2.21. The average molecular weight is 417 g/mol. The molecule has 0 atom stereocenters. The minimum absolute atomic E-state index is 0.0478. The molecule has 0 aliphatic heterocycles. The van der Waals surface area contributed by atoms with Gasteiger partial charge < -0.3 is 9.26 Å². The maximum Gasteiger partial charge on any atom is 0.331 e. The Morgan fingerprint density at radius 3 is 2.66 bits per heavy atom. The highest BCUT2D eigenvalue weighted by Gasteiger charge is 2.19. The van der Waals surface area contributed by atoms with E-state index in [0.29, 0.717) is 28.4 Å². The molecule has 8 heteroatoms. The molecule has 3 rings (SSSR count). The molecule has 3 aromatic rings. The number of benzene rings is 1. The van der Waals surface area contributed by atoms with Gasteiger partial charge in [-0.3, -0.25) is 9.36 Å². The Hall–Kier alpha value is -3.19. The second kappa shape index (κ2) is 8.45. The molecule has 2 heterocycles. The fourth-order valence-corrected chi connectivity index (χ4v) is 3.09. The molecule has 2 aromatic heterocycles. The smallest absolute Gasteiger partial charge is 0.331 e. The van der Waals surface area contributed by atoms with E-state index in [1.807, 2.05) is 6.92 Å². The second-order valence-electron chi connectivity index (χ2n) is 6.45. The summed E-state index contributed by atoms with van der Waals surface area (Å²) in [5.74, 6) is -0.343. The first-order valence-corrected chi connectivity index (χ1v) is 9.10. The molecule has 0 saturated carbocycles. The largest absolute Gasteiger partial charge is 0.454 e. The number of rotatable bonds is 6. The predicted octanol–water partition coefficient (Wildman–Crippen LogP) is 4.62. The van der Waals surface area contributed by atoms with Crippen molar-refractivity contribution in [3.05, 3.63) is 75.5 Å². The molecule has 0 amide bonds. The number of halogens is 2. The summed E-state index contributed by atoms with van der Waals surface area (Å²) in [5, 5.41) is 3.92. The Balaban J connectivity index is 1.65. The first-order valence-electron chi connectivity index (χ1n) is 8.72. The van der Waals surface area contributed by atoms with Gasteiger partial charge in [-0.15, -0.1) is 0 Å². The van der Waals surface area contributed by atoms with Crippen molar-refractivity contribution in [2.45, 2.75) is 20.8 Å². The van der Waals surface area contributed by atoms with Crippen LogP contribution in [0.25, 0.3) is 11.9 Å². The molecule has 150 valence electrons. The fraction of sp³-hybridized carbons (Fsp3) is 0.190. The van der Waals surface area contributed by atoms with Gasteiger partial charge in [0, 0.05) is 29.1 Å². The van der Waals surface area contributed by atoms with Crippen LogP contribution in [0.3, 0.4) is 0 Å². The molecule has 0 unspecified atom stereocenters. The third-order valence-corrected chi connectivity index (χ3v) is 4.57. The van der Waals surface area contributed by atoms with Gasteiger partial charge in [-0.05, 0) is 50.6 Å². The van der Waals surface area contributed by atoms with E-state index in [1.54, 1.807) is 30.5 Å².